The Kier molecular flexibility index (Phi) is 1.55. The highest BCUT2D eigenvalue weighted by atomic mass is 32.2. The molecule has 1 aliphatic rings. The second-order valence-corrected chi connectivity index (χ2v) is 3.39. The monoisotopic (exact) mass is 155 g/mol. The Bertz CT molecular complexity index is 193. The van der Waals surface area contributed by atoms with Crippen molar-refractivity contribution < 1.29 is 0 Å². The lowest BCUT2D eigenvalue weighted by Gasteiger charge is -2.25. The highest BCUT2D eigenvalue weighted by Crippen LogP contribution is 2.19. The lowest BCUT2D eigenvalue weighted by Crippen LogP contribution is -2.33. The number of aromatic nitrogens is 2. The van der Waals surface area contributed by atoms with Crippen LogP contribution in [0.15, 0.2) is 12.4 Å². The molecular weight excluding hydrogens is 146 g/mol. The summed E-state index contributed by atoms with van der Waals surface area (Å²) in [5, 5.41) is 3.27. The van der Waals surface area contributed by atoms with Crippen LogP contribution >= 0.6 is 11.8 Å². The lowest BCUT2D eigenvalue weighted by atomic mass is 10.4. The molecule has 54 valence electrons. The van der Waals surface area contributed by atoms with Crippen molar-refractivity contribution in [1.82, 2.24) is 9.97 Å². The van der Waals surface area contributed by atoms with Gasteiger partial charge >= 0.3 is 0 Å². The van der Waals surface area contributed by atoms with E-state index in [0.29, 0.717) is 6.04 Å². The summed E-state index contributed by atoms with van der Waals surface area (Å²) in [7, 11) is 0. The summed E-state index contributed by atoms with van der Waals surface area (Å²) in [6.45, 7) is 0. The Morgan fingerprint density at radius 3 is 3.10 bits per heavy atom. The van der Waals surface area contributed by atoms with Gasteiger partial charge in [0.05, 0.1) is 0 Å². The van der Waals surface area contributed by atoms with Crippen LogP contribution in [0.25, 0.3) is 0 Å². The average molecular weight is 155 g/mol. The van der Waals surface area contributed by atoms with Gasteiger partial charge in [0.1, 0.15) is 0 Å². The van der Waals surface area contributed by atoms with Gasteiger partial charge in [0.2, 0.25) is 0 Å². The summed E-state index contributed by atoms with van der Waals surface area (Å²) < 4.78 is 0. The summed E-state index contributed by atoms with van der Waals surface area (Å²) in [4.78, 5) is 7.07. The quantitative estimate of drug-likeness (QED) is 0.667. The minimum absolute atomic E-state index is 0.635. The predicted molar refractivity (Wildman–Crippen MR) is 43.3 cm³/mol. The van der Waals surface area contributed by atoms with Crippen LogP contribution < -0.4 is 5.32 Å². The Labute approximate surface area is 63.6 Å². The van der Waals surface area contributed by atoms with E-state index in [0.717, 1.165) is 5.95 Å². The van der Waals surface area contributed by atoms with Crippen LogP contribution in [0, 0.1) is 0 Å². The maximum atomic E-state index is 4.06. The van der Waals surface area contributed by atoms with Crippen LogP contribution in [-0.2, 0) is 0 Å². The minimum Gasteiger partial charge on any atom is -0.351 e. The van der Waals surface area contributed by atoms with Crippen molar-refractivity contribution in [2.24, 2.45) is 0 Å². The van der Waals surface area contributed by atoms with Crippen LogP contribution in [0.3, 0.4) is 0 Å². The molecule has 1 aromatic rings. The average Bonchev–Trinajstić information content (AvgIpc) is 2.29. The zero-order valence-corrected chi connectivity index (χ0v) is 6.32. The molecule has 1 aliphatic heterocycles. The third-order valence-electron chi connectivity index (χ3n) is 1.48. The van der Waals surface area contributed by atoms with E-state index >= 15 is 0 Å². The van der Waals surface area contributed by atoms with Gasteiger partial charge in [0.25, 0.3) is 0 Å². The van der Waals surface area contributed by atoms with Gasteiger partial charge in [-0.3, -0.25) is 0 Å². The van der Waals surface area contributed by atoms with E-state index in [4.69, 9.17) is 0 Å². The van der Waals surface area contributed by atoms with Gasteiger partial charge < -0.3 is 10.3 Å². The van der Waals surface area contributed by atoms with E-state index in [2.05, 4.69) is 15.3 Å². The van der Waals surface area contributed by atoms with Crippen molar-refractivity contribution in [2.75, 3.05) is 16.8 Å². The largest absolute Gasteiger partial charge is 0.351 e. The molecule has 0 amide bonds. The minimum atomic E-state index is 0.635. The van der Waals surface area contributed by atoms with Crippen molar-refractivity contribution in [3.63, 3.8) is 0 Å². The zero-order valence-electron chi connectivity index (χ0n) is 5.50. The molecule has 0 radical (unpaired) electrons. The van der Waals surface area contributed by atoms with Gasteiger partial charge in [-0.05, 0) is 0 Å². The van der Waals surface area contributed by atoms with Gasteiger partial charge in [0.15, 0.2) is 5.95 Å². The maximum absolute atomic E-state index is 4.06. The molecule has 0 aliphatic carbocycles. The Morgan fingerprint density at radius 2 is 2.60 bits per heavy atom. The van der Waals surface area contributed by atoms with E-state index in [9.17, 15) is 0 Å². The van der Waals surface area contributed by atoms with E-state index in [1.807, 2.05) is 18.0 Å². The van der Waals surface area contributed by atoms with Gasteiger partial charge in [-0.15, -0.1) is 0 Å². The van der Waals surface area contributed by atoms with Gasteiger partial charge in [-0.2, -0.15) is 11.8 Å². The van der Waals surface area contributed by atoms with Crippen LogP contribution in [-0.4, -0.2) is 27.5 Å². The number of nitrogens with one attached hydrogen (secondary N) is 2. The Morgan fingerprint density at radius 1 is 1.70 bits per heavy atom. The van der Waals surface area contributed by atoms with Gasteiger partial charge in [-0.25, -0.2) is 4.98 Å². The number of hydrogen-bond acceptors (Lipinski definition) is 3. The predicted octanol–water partition coefficient (Wildman–Crippen LogP) is 0.937. The first-order valence-corrected chi connectivity index (χ1v) is 4.44. The number of aromatic amines is 1. The molecule has 3 nitrogen and oxygen atoms in total. The van der Waals surface area contributed by atoms with E-state index in [1.54, 1.807) is 6.20 Å². The third-order valence-corrected chi connectivity index (χ3v) is 2.75. The number of imidazole rings is 1. The van der Waals surface area contributed by atoms with E-state index in [-0.39, 0.29) is 0 Å². The van der Waals surface area contributed by atoms with Crippen LogP contribution in [0.5, 0.6) is 0 Å². The molecule has 0 saturated carbocycles. The summed E-state index contributed by atoms with van der Waals surface area (Å²) in [5.74, 6) is 3.31. The molecule has 1 fully saturated rings. The highest BCUT2D eigenvalue weighted by Gasteiger charge is 2.17. The molecule has 2 heterocycles. The van der Waals surface area contributed by atoms with E-state index in [1.165, 1.54) is 11.5 Å². The molecule has 4 heteroatoms. The normalized spacial score (nSPS) is 18.4. The summed E-state index contributed by atoms with van der Waals surface area (Å²) in [5.41, 5.74) is 0. The van der Waals surface area contributed by atoms with Crippen molar-refractivity contribution >= 4 is 17.7 Å². The zero-order chi connectivity index (χ0) is 6.81. The first kappa shape index (κ1) is 6.09. The topological polar surface area (TPSA) is 40.7 Å². The molecule has 0 aromatic carbocycles. The number of rotatable bonds is 2. The first-order chi connectivity index (χ1) is 4.95. The first-order valence-electron chi connectivity index (χ1n) is 3.29. The molecular formula is C6H9N3S. The second-order valence-electron chi connectivity index (χ2n) is 2.32. The summed E-state index contributed by atoms with van der Waals surface area (Å²) in [6, 6.07) is 0.635. The summed E-state index contributed by atoms with van der Waals surface area (Å²) >= 11 is 1.96. The maximum Gasteiger partial charge on any atom is 0.200 e. The number of thioether (sulfide) groups is 1. The standard InChI is InChI=1S/C6H9N3S/c1-2-8-6(7-1)9-5-3-10-4-5/h1-2,5H,3-4H2,(H2,7,8,9). The van der Waals surface area contributed by atoms with E-state index < -0.39 is 0 Å². The second kappa shape index (κ2) is 2.54. The number of nitrogens with zero attached hydrogens (tertiary/aromatic N) is 1. The van der Waals surface area contributed by atoms with Crippen molar-refractivity contribution in [2.45, 2.75) is 6.04 Å². The fourth-order valence-corrected chi connectivity index (χ4v) is 1.49. The third kappa shape index (κ3) is 1.11. The molecule has 10 heavy (non-hydrogen) atoms. The number of H-pyrrole nitrogens is 1. The molecule has 2 N–H and O–H groups in total. The number of anilines is 1. The van der Waals surface area contributed by atoms with Gasteiger partial charge in [0, 0.05) is 29.9 Å². The van der Waals surface area contributed by atoms with Crippen LogP contribution in [0.4, 0.5) is 5.95 Å². The Balaban J connectivity index is 1.90. The fourth-order valence-electron chi connectivity index (χ4n) is 0.857. The SMILES string of the molecule is c1c[nH]c(NC2CSC2)n1. The van der Waals surface area contributed by atoms with Crippen LogP contribution in [0.2, 0.25) is 0 Å². The van der Waals surface area contributed by atoms with Crippen LogP contribution in [0.1, 0.15) is 0 Å². The van der Waals surface area contributed by atoms with Crippen molar-refractivity contribution in [3.8, 4) is 0 Å². The summed E-state index contributed by atoms with van der Waals surface area (Å²) in [6.07, 6.45) is 3.59. The highest BCUT2D eigenvalue weighted by molar-refractivity contribution is 8.00. The molecule has 0 unspecified atom stereocenters. The lowest BCUT2D eigenvalue weighted by molar-refractivity contribution is 0.866. The smallest absolute Gasteiger partial charge is 0.200 e. The number of hydrogen-bond donors (Lipinski definition) is 2. The molecule has 2 rings (SSSR count). The molecule has 0 spiro atoms. The fraction of sp³-hybridized carbons (Fsp3) is 0.500. The molecule has 1 saturated heterocycles. The van der Waals surface area contributed by atoms with Crippen molar-refractivity contribution in [1.29, 1.82) is 0 Å². The van der Waals surface area contributed by atoms with Gasteiger partial charge in [-0.1, -0.05) is 0 Å². The van der Waals surface area contributed by atoms with Crippen molar-refractivity contribution in [3.05, 3.63) is 12.4 Å². The molecule has 0 bridgehead atoms. The molecule has 1 aromatic heterocycles. The molecule has 0 atom stereocenters. The Hall–Kier alpha value is -0.640.